The van der Waals surface area contributed by atoms with E-state index in [1.807, 2.05) is 19.1 Å². The Morgan fingerprint density at radius 1 is 0.881 bits per heavy atom. The maximum absolute atomic E-state index is 12.8. The Morgan fingerprint density at radius 2 is 1.60 bits per heavy atom. The second kappa shape index (κ2) is 12.9. The van der Waals surface area contributed by atoms with Crippen LogP contribution in [0.1, 0.15) is 41.5 Å². The predicted octanol–water partition coefficient (Wildman–Crippen LogP) is 8.51. The number of thiophene rings is 1. The van der Waals surface area contributed by atoms with Crippen molar-refractivity contribution < 1.29 is 19.1 Å². The molecule has 0 saturated carbocycles. The van der Waals surface area contributed by atoms with E-state index in [9.17, 15) is 14.4 Å². The Labute approximate surface area is 263 Å². The third-order valence-corrected chi connectivity index (χ3v) is 8.42. The van der Waals surface area contributed by atoms with Gasteiger partial charge >= 0.3 is 5.97 Å². The highest BCUT2D eigenvalue weighted by Gasteiger charge is 2.18. The van der Waals surface area contributed by atoms with Crippen molar-refractivity contribution >= 4 is 90.2 Å². The molecule has 11 heteroatoms. The van der Waals surface area contributed by atoms with Crippen LogP contribution in [-0.4, -0.2) is 24.0 Å². The number of anilines is 1. The van der Waals surface area contributed by atoms with E-state index in [0.29, 0.717) is 37.3 Å². The summed E-state index contributed by atoms with van der Waals surface area (Å²) in [5.41, 5.74) is 5.18. The second-order valence-electron chi connectivity index (χ2n) is 9.05. The van der Waals surface area contributed by atoms with Crippen LogP contribution in [0.3, 0.4) is 0 Å². The molecule has 0 aliphatic rings. The van der Waals surface area contributed by atoms with Crippen LogP contribution in [0.4, 0.5) is 5.69 Å². The topological polar surface area (TPSA) is 96.9 Å². The second-order valence-corrected chi connectivity index (χ2v) is 11.8. The molecule has 0 aliphatic carbocycles. The van der Waals surface area contributed by atoms with Gasteiger partial charge in [-0.05, 0) is 73.7 Å². The predicted molar refractivity (Wildman–Crippen MR) is 172 cm³/mol. The summed E-state index contributed by atoms with van der Waals surface area (Å²) in [5.74, 6) is -1.07. The summed E-state index contributed by atoms with van der Waals surface area (Å²) >= 11 is 17.1. The molecule has 5 rings (SSSR count). The summed E-state index contributed by atoms with van der Waals surface area (Å²) in [6, 6.07) is 23.7. The fourth-order valence-corrected chi connectivity index (χ4v) is 5.93. The van der Waals surface area contributed by atoms with E-state index >= 15 is 0 Å². The molecule has 210 valence electrons. The lowest BCUT2D eigenvalue weighted by atomic mass is 10.1. The van der Waals surface area contributed by atoms with Crippen LogP contribution in [-0.2, 0) is 0 Å². The van der Waals surface area contributed by atoms with Gasteiger partial charge in [0.25, 0.3) is 11.8 Å². The summed E-state index contributed by atoms with van der Waals surface area (Å²) in [7, 11) is 0. The lowest BCUT2D eigenvalue weighted by molar-refractivity contribution is 0.0733. The molecule has 0 radical (unpaired) electrons. The quantitative estimate of drug-likeness (QED) is 0.0780. The monoisotopic (exact) mass is 679 g/mol. The third-order valence-electron chi connectivity index (χ3n) is 6.03. The average Bonchev–Trinajstić information content (AvgIpc) is 3.30. The zero-order chi connectivity index (χ0) is 29.8. The highest BCUT2D eigenvalue weighted by atomic mass is 79.9. The molecular weight excluding hydrogens is 661 g/mol. The van der Waals surface area contributed by atoms with E-state index in [2.05, 4.69) is 31.8 Å². The molecule has 0 fully saturated rings. The number of hydrogen-bond acceptors (Lipinski definition) is 6. The normalized spacial score (nSPS) is 11.0. The first-order valence-electron chi connectivity index (χ1n) is 12.4. The maximum atomic E-state index is 12.8. The standard InChI is InChI=1S/C31H20BrCl2N3O4S/c1-17-2-4-19(5-3-17)31(40)41-25-13-8-21(32)14-20(25)16-35-37-29(38)18-6-10-23(11-7-18)36-30(39)28-27(34)24-12-9-22(33)15-26(24)42-28/h2-16H,1H3,(H,36,39)(H,37,38)/b35-16-. The van der Waals surface area contributed by atoms with Crippen LogP contribution in [0.15, 0.2) is 94.5 Å². The van der Waals surface area contributed by atoms with Crippen molar-refractivity contribution in [3.05, 3.63) is 127 Å². The minimum absolute atomic E-state index is 0.281. The molecule has 0 saturated heterocycles. The number of hydrogen-bond donors (Lipinski definition) is 2. The highest BCUT2D eigenvalue weighted by Crippen LogP contribution is 2.37. The summed E-state index contributed by atoms with van der Waals surface area (Å²) < 4.78 is 7.11. The van der Waals surface area contributed by atoms with E-state index in [0.717, 1.165) is 20.1 Å². The lowest BCUT2D eigenvalue weighted by Crippen LogP contribution is -2.18. The van der Waals surface area contributed by atoms with E-state index in [4.69, 9.17) is 27.9 Å². The lowest BCUT2D eigenvalue weighted by Gasteiger charge is -2.08. The number of esters is 1. The molecule has 7 nitrogen and oxygen atoms in total. The van der Waals surface area contributed by atoms with Crippen molar-refractivity contribution in [2.24, 2.45) is 5.10 Å². The van der Waals surface area contributed by atoms with E-state index < -0.39 is 11.9 Å². The van der Waals surface area contributed by atoms with Crippen LogP contribution in [0.2, 0.25) is 10.0 Å². The maximum Gasteiger partial charge on any atom is 0.343 e. The number of carbonyl (C=O) groups excluding carboxylic acids is 3. The largest absolute Gasteiger partial charge is 0.422 e. The van der Waals surface area contributed by atoms with E-state index in [-0.39, 0.29) is 11.7 Å². The van der Waals surface area contributed by atoms with Crippen molar-refractivity contribution in [3.63, 3.8) is 0 Å². The number of benzene rings is 4. The van der Waals surface area contributed by atoms with Crippen LogP contribution in [0.25, 0.3) is 10.1 Å². The molecule has 0 atom stereocenters. The van der Waals surface area contributed by atoms with Crippen LogP contribution < -0.4 is 15.5 Å². The number of aryl methyl sites for hydroxylation is 1. The molecule has 5 aromatic rings. The van der Waals surface area contributed by atoms with Crippen LogP contribution >= 0.6 is 50.5 Å². The van der Waals surface area contributed by atoms with Gasteiger partial charge in [-0.3, -0.25) is 9.59 Å². The molecule has 1 aromatic heterocycles. The first-order chi connectivity index (χ1) is 20.2. The number of rotatable bonds is 7. The molecule has 2 amide bonds. The zero-order valence-electron chi connectivity index (χ0n) is 21.8. The average molecular weight is 681 g/mol. The summed E-state index contributed by atoms with van der Waals surface area (Å²) in [5, 5.41) is 8.49. The molecule has 1 heterocycles. The molecule has 0 aliphatic heterocycles. The molecule has 0 bridgehead atoms. The van der Waals surface area contributed by atoms with Gasteiger partial charge < -0.3 is 10.1 Å². The summed E-state index contributed by atoms with van der Waals surface area (Å²) in [4.78, 5) is 38.5. The van der Waals surface area contributed by atoms with Crippen molar-refractivity contribution in [1.29, 1.82) is 0 Å². The Hall–Kier alpha value is -4.02. The van der Waals surface area contributed by atoms with E-state index in [1.54, 1.807) is 72.8 Å². The van der Waals surface area contributed by atoms with E-state index in [1.165, 1.54) is 17.6 Å². The molecule has 0 unspecified atom stereocenters. The van der Waals surface area contributed by atoms with Gasteiger partial charge in [0, 0.05) is 36.4 Å². The van der Waals surface area contributed by atoms with Gasteiger partial charge in [-0.25, -0.2) is 10.2 Å². The first-order valence-corrected chi connectivity index (χ1v) is 14.8. The Morgan fingerprint density at radius 3 is 2.33 bits per heavy atom. The Bertz CT molecular complexity index is 1860. The van der Waals surface area contributed by atoms with Crippen LogP contribution in [0.5, 0.6) is 5.75 Å². The number of nitrogens with zero attached hydrogens (tertiary/aromatic N) is 1. The first kappa shape index (κ1) is 29.5. The zero-order valence-corrected chi connectivity index (χ0v) is 25.7. The smallest absolute Gasteiger partial charge is 0.343 e. The van der Waals surface area contributed by atoms with Crippen molar-refractivity contribution in [1.82, 2.24) is 5.43 Å². The SMILES string of the molecule is Cc1ccc(C(=O)Oc2ccc(Br)cc2/C=N\NC(=O)c2ccc(NC(=O)c3sc4cc(Cl)ccc4c3Cl)cc2)cc1. The van der Waals surface area contributed by atoms with Gasteiger partial charge in [0.15, 0.2) is 0 Å². The number of fused-ring (bicyclic) bond motifs is 1. The number of hydrazone groups is 1. The van der Waals surface area contributed by atoms with Gasteiger partial charge in [-0.15, -0.1) is 11.3 Å². The Balaban J connectivity index is 1.22. The minimum atomic E-state index is -0.512. The minimum Gasteiger partial charge on any atom is -0.422 e. The number of amides is 2. The highest BCUT2D eigenvalue weighted by molar-refractivity contribution is 9.10. The van der Waals surface area contributed by atoms with Gasteiger partial charge in [0.1, 0.15) is 10.6 Å². The number of ether oxygens (including phenoxy) is 1. The third kappa shape index (κ3) is 6.88. The molecule has 2 N–H and O–H groups in total. The van der Waals surface area contributed by atoms with Gasteiger partial charge in [0.05, 0.1) is 16.8 Å². The van der Waals surface area contributed by atoms with Gasteiger partial charge in [-0.1, -0.05) is 62.9 Å². The number of halogens is 3. The van der Waals surface area contributed by atoms with Crippen molar-refractivity contribution in [2.75, 3.05) is 5.32 Å². The molecular formula is C31H20BrCl2N3O4S. The van der Waals surface area contributed by atoms with Crippen LogP contribution in [0, 0.1) is 6.92 Å². The summed E-state index contributed by atoms with van der Waals surface area (Å²) in [6.45, 7) is 1.93. The Kier molecular flexibility index (Phi) is 9.03. The number of carbonyl (C=O) groups is 3. The molecule has 4 aromatic carbocycles. The number of nitrogens with one attached hydrogen (secondary N) is 2. The van der Waals surface area contributed by atoms with Gasteiger partial charge in [-0.2, -0.15) is 5.10 Å². The van der Waals surface area contributed by atoms with Crippen molar-refractivity contribution in [2.45, 2.75) is 6.92 Å². The van der Waals surface area contributed by atoms with Crippen molar-refractivity contribution in [3.8, 4) is 5.75 Å². The fraction of sp³-hybridized carbons (Fsp3) is 0.0323. The summed E-state index contributed by atoms with van der Waals surface area (Å²) in [6.07, 6.45) is 1.39. The van der Waals surface area contributed by atoms with Gasteiger partial charge in [0.2, 0.25) is 0 Å². The molecule has 0 spiro atoms. The fourth-order valence-electron chi connectivity index (χ4n) is 3.86. The molecule has 42 heavy (non-hydrogen) atoms.